The smallest absolute Gasteiger partial charge is 0.238 e. The maximum atomic E-state index is 12.4. The molecular weight excluding hydrogens is 398 g/mol. The number of hydrogen-bond acceptors (Lipinski definition) is 6. The van der Waals surface area contributed by atoms with Crippen molar-refractivity contribution in [2.75, 3.05) is 32.1 Å². The van der Waals surface area contributed by atoms with Crippen LogP contribution in [0.3, 0.4) is 0 Å². The number of carbonyl (C=O) groups is 1. The summed E-state index contributed by atoms with van der Waals surface area (Å²) in [6.07, 6.45) is 0. The van der Waals surface area contributed by atoms with Gasteiger partial charge in [0.1, 0.15) is 16.5 Å². The molecule has 0 aliphatic rings. The molecule has 0 aliphatic carbocycles. The molecule has 0 saturated carbocycles. The van der Waals surface area contributed by atoms with Gasteiger partial charge in [0.15, 0.2) is 0 Å². The Labute approximate surface area is 181 Å². The lowest BCUT2D eigenvalue weighted by atomic mass is 10.2. The monoisotopic (exact) mass is 425 g/mol. The Morgan fingerprint density at radius 2 is 1.77 bits per heavy atom. The van der Waals surface area contributed by atoms with E-state index in [4.69, 9.17) is 14.5 Å². The summed E-state index contributed by atoms with van der Waals surface area (Å²) in [5.41, 5.74) is 2.78. The molecule has 1 aromatic heterocycles. The molecule has 0 unspecified atom stereocenters. The van der Waals surface area contributed by atoms with Gasteiger partial charge in [-0.15, -0.1) is 11.3 Å². The first-order valence-electron chi connectivity index (χ1n) is 9.95. The standard InChI is InChI=1S/C23H27N3O3S/c1-4-26(15-22(27)24-18-8-12-20(28-3)13-9-18)14-19-16-30-23(25-19)17-6-10-21(11-7-17)29-5-2/h6-13,16H,4-5,14-15H2,1-3H3,(H,24,27). The van der Waals surface area contributed by atoms with Gasteiger partial charge in [0.25, 0.3) is 0 Å². The Kier molecular flexibility index (Phi) is 7.82. The lowest BCUT2D eigenvalue weighted by Crippen LogP contribution is -2.32. The number of carbonyl (C=O) groups excluding carboxylic acids is 1. The minimum Gasteiger partial charge on any atom is -0.497 e. The molecule has 0 radical (unpaired) electrons. The first kappa shape index (κ1) is 21.8. The number of thiazole rings is 1. The van der Waals surface area contributed by atoms with Crippen LogP contribution >= 0.6 is 11.3 Å². The van der Waals surface area contributed by atoms with E-state index < -0.39 is 0 Å². The summed E-state index contributed by atoms with van der Waals surface area (Å²) in [7, 11) is 1.62. The van der Waals surface area contributed by atoms with E-state index >= 15 is 0 Å². The molecular formula is C23H27N3O3S. The van der Waals surface area contributed by atoms with Crippen molar-refractivity contribution in [1.29, 1.82) is 0 Å². The fourth-order valence-corrected chi connectivity index (χ4v) is 3.78. The van der Waals surface area contributed by atoms with E-state index in [0.717, 1.165) is 40.0 Å². The molecule has 1 N–H and O–H groups in total. The van der Waals surface area contributed by atoms with Crippen LogP contribution in [0.5, 0.6) is 11.5 Å². The normalized spacial score (nSPS) is 10.8. The van der Waals surface area contributed by atoms with Crippen LogP contribution in [0.25, 0.3) is 10.6 Å². The van der Waals surface area contributed by atoms with Crippen molar-refractivity contribution >= 4 is 22.9 Å². The Morgan fingerprint density at radius 1 is 1.07 bits per heavy atom. The Balaban J connectivity index is 1.56. The number of rotatable bonds is 10. The van der Waals surface area contributed by atoms with Crippen LogP contribution in [-0.4, -0.2) is 42.6 Å². The Hall–Kier alpha value is -2.90. The summed E-state index contributed by atoms with van der Waals surface area (Å²) in [5, 5.41) is 5.94. The lowest BCUT2D eigenvalue weighted by molar-refractivity contribution is -0.117. The number of nitrogens with one attached hydrogen (secondary N) is 1. The molecule has 3 rings (SSSR count). The van der Waals surface area contributed by atoms with Crippen molar-refractivity contribution in [3.05, 3.63) is 59.6 Å². The number of amides is 1. The highest BCUT2D eigenvalue weighted by molar-refractivity contribution is 7.13. The molecule has 0 atom stereocenters. The molecule has 0 fully saturated rings. The number of nitrogens with zero attached hydrogens (tertiary/aromatic N) is 2. The maximum absolute atomic E-state index is 12.4. The van der Waals surface area contributed by atoms with E-state index in [1.54, 1.807) is 18.4 Å². The minimum atomic E-state index is -0.0519. The van der Waals surface area contributed by atoms with Gasteiger partial charge in [-0.1, -0.05) is 6.92 Å². The third-order valence-corrected chi connectivity index (χ3v) is 5.48. The number of anilines is 1. The molecule has 0 aliphatic heterocycles. The molecule has 1 amide bonds. The SMILES string of the molecule is CCOc1ccc(-c2nc(CN(CC)CC(=O)Nc3ccc(OC)cc3)cs2)cc1. The van der Waals surface area contributed by atoms with E-state index in [1.807, 2.05) is 62.4 Å². The Morgan fingerprint density at radius 3 is 2.40 bits per heavy atom. The van der Waals surface area contributed by atoms with Crippen molar-refractivity contribution in [3.63, 3.8) is 0 Å². The van der Waals surface area contributed by atoms with Crippen LogP contribution in [0.15, 0.2) is 53.9 Å². The molecule has 0 spiro atoms. The average Bonchev–Trinajstić information content (AvgIpc) is 3.23. The average molecular weight is 426 g/mol. The topological polar surface area (TPSA) is 63.7 Å². The van der Waals surface area contributed by atoms with Gasteiger partial charge in [0.05, 0.1) is 26.0 Å². The molecule has 7 heteroatoms. The van der Waals surface area contributed by atoms with E-state index in [-0.39, 0.29) is 5.91 Å². The van der Waals surface area contributed by atoms with Gasteiger partial charge in [-0.05, 0) is 62.0 Å². The van der Waals surface area contributed by atoms with Crippen LogP contribution in [0, 0.1) is 0 Å². The van der Waals surface area contributed by atoms with Gasteiger partial charge in [0.2, 0.25) is 5.91 Å². The number of likely N-dealkylation sites (N-methyl/N-ethyl adjacent to an activating group) is 1. The second-order valence-corrected chi connectivity index (χ2v) is 7.54. The van der Waals surface area contributed by atoms with Gasteiger partial charge in [0, 0.05) is 23.2 Å². The highest BCUT2D eigenvalue weighted by Gasteiger charge is 2.13. The number of benzene rings is 2. The van der Waals surface area contributed by atoms with E-state index in [2.05, 4.69) is 15.6 Å². The zero-order chi connectivity index (χ0) is 21.3. The van der Waals surface area contributed by atoms with Gasteiger partial charge in [-0.3, -0.25) is 9.69 Å². The first-order chi connectivity index (χ1) is 14.6. The summed E-state index contributed by atoms with van der Waals surface area (Å²) in [4.78, 5) is 19.2. The molecule has 3 aromatic rings. The first-order valence-corrected chi connectivity index (χ1v) is 10.8. The summed E-state index contributed by atoms with van der Waals surface area (Å²) >= 11 is 1.61. The molecule has 158 valence electrons. The number of methoxy groups -OCH3 is 1. The fourth-order valence-electron chi connectivity index (χ4n) is 2.96. The summed E-state index contributed by atoms with van der Waals surface area (Å²) < 4.78 is 10.6. The minimum absolute atomic E-state index is 0.0519. The maximum Gasteiger partial charge on any atom is 0.238 e. The van der Waals surface area contributed by atoms with Crippen molar-refractivity contribution in [2.24, 2.45) is 0 Å². The quantitative estimate of drug-likeness (QED) is 0.511. The van der Waals surface area contributed by atoms with Gasteiger partial charge in [-0.2, -0.15) is 0 Å². The van der Waals surface area contributed by atoms with E-state index in [9.17, 15) is 4.79 Å². The van der Waals surface area contributed by atoms with Crippen molar-refractivity contribution < 1.29 is 14.3 Å². The number of aromatic nitrogens is 1. The van der Waals surface area contributed by atoms with Crippen molar-refractivity contribution in [1.82, 2.24) is 9.88 Å². The van der Waals surface area contributed by atoms with Crippen LogP contribution in [-0.2, 0) is 11.3 Å². The zero-order valence-electron chi connectivity index (χ0n) is 17.6. The van der Waals surface area contributed by atoms with Crippen molar-refractivity contribution in [3.8, 4) is 22.1 Å². The van der Waals surface area contributed by atoms with Gasteiger partial charge in [-0.25, -0.2) is 4.98 Å². The van der Waals surface area contributed by atoms with E-state index in [0.29, 0.717) is 19.7 Å². The predicted molar refractivity (Wildman–Crippen MR) is 121 cm³/mol. The molecule has 6 nitrogen and oxygen atoms in total. The van der Waals surface area contributed by atoms with Crippen molar-refractivity contribution in [2.45, 2.75) is 20.4 Å². The lowest BCUT2D eigenvalue weighted by Gasteiger charge is -2.18. The second-order valence-electron chi connectivity index (χ2n) is 6.68. The number of ether oxygens (including phenoxy) is 2. The largest absolute Gasteiger partial charge is 0.497 e. The molecule has 1 heterocycles. The van der Waals surface area contributed by atoms with Gasteiger partial charge < -0.3 is 14.8 Å². The molecule has 30 heavy (non-hydrogen) atoms. The van der Waals surface area contributed by atoms with Crippen LogP contribution in [0.1, 0.15) is 19.5 Å². The zero-order valence-corrected chi connectivity index (χ0v) is 18.4. The second kappa shape index (κ2) is 10.8. The molecule has 0 bridgehead atoms. The highest BCUT2D eigenvalue weighted by Crippen LogP contribution is 2.26. The third-order valence-electron chi connectivity index (χ3n) is 4.54. The summed E-state index contributed by atoms with van der Waals surface area (Å²) in [6, 6.07) is 15.3. The van der Waals surface area contributed by atoms with Crippen LogP contribution in [0.2, 0.25) is 0 Å². The third kappa shape index (κ3) is 6.05. The van der Waals surface area contributed by atoms with E-state index in [1.165, 1.54) is 0 Å². The highest BCUT2D eigenvalue weighted by atomic mass is 32.1. The van der Waals surface area contributed by atoms with Crippen LogP contribution in [0.4, 0.5) is 5.69 Å². The van der Waals surface area contributed by atoms with Crippen LogP contribution < -0.4 is 14.8 Å². The molecule has 0 saturated heterocycles. The van der Waals surface area contributed by atoms with Gasteiger partial charge >= 0.3 is 0 Å². The predicted octanol–water partition coefficient (Wildman–Crippen LogP) is 4.68. The Bertz CT molecular complexity index is 939. The summed E-state index contributed by atoms with van der Waals surface area (Å²) in [5.74, 6) is 1.57. The summed E-state index contributed by atoms with van der Waals surface area (Å²) in [6.45, 7) is 6.35. The molecule has 2 aromatic carbocycles. The number of hydrogen-bond donors (Lipinski definition) is 1. The fraction of sp³-hybridized carbons (Fsp3) is 0.304.